The van der Waals surface area contributed by atoms with Gasteiger partial charge in [0.2, 0.25) is 11.0 Å². The standard InChI is InChI=1S/C8H14N2O2S/c1-6(11)9-7-3-10(2)4-8(12)13-5-7/h7H,3-5H2,1-2H3,(H,9,11). The van der Waals surface area contributed by atoms with E-state index < -0.39 is 0 Å². The zero-order valence-electron chi connectivity index (χ0n) is 7.87. The average Bonchev–Trinajstić information content (AvgIpc) is 2.11. The second-order valence-electron chi connectivity index (χ2n) is 3.28. The third-order valence-electron chi connectivity index (χ3n) is 1.78. The van der Waals surface area contributed by atoms with Crippen molar-refractivity contribution in [3.63, 3.8) is 0 Å². The van der Waals surface area contributed by atoms with Crippen molar-refractivity contribution in [1.29, 1.82) is 0 Å². The van der Waals surface area contributed by atoms with Crippen LogP contribution in [0.15, 0.2) is 0 Å². The summed E-state index contributed by atoms with van der Waals surface area (Å²) >= 11 is 1.30. The number of rotatable bonds is 1. The highest BCUT2D eigenvalue weighted by Gasteiger charge is 2.20. The van der Waals surface area contributed by atoms with Gasteiger partial charge in [0.15, 0.2) is 0 Å². The number of nitrogens with zero attached hydrogens (tertiary/aromatic N) is 1. The normalized spacial score (nSPS) is 25.4. The second kappa shape index (κ2) is 4.62. The number of nitrogens with one attached hydrogen (secondary N) is 1. The summed E-state index contributed by atoms with van der Waals surface area (Å²) in [6, 6.07) is 0.0962. The topological polar surface area (TPSA) is 49.4 Å². The Morgan fingerprint density at radius 2 is 2.38 bits per heavy atom. The lowest BCUT2D eigenvalue weighted by molar-refractivity contribution is -0.119. The number of hydrogen-bond acceptors (Lipinski definition) is 4. The first kappa shape index (κ1) is 10.5. The summed E-state index contributed by atoms with van der Waals surface area (Å²) in [7, 11) is 1.89. The SMILES string of the molecule is CC(=O)NC1CSC(=O)CN(C)C1. The van der Waals surface area contributed by atoms with Gasteiger partial charge in [0, 0.05) is 19.2 Å². The number of carbonyl (C=O) groups excluding carboxylic acids is 2. The predicted molar refractivity (Wildman–Crippen MR) is 52.6 cm³/mol. The van der Waals surface area contributed by atoms with Gasteiger partial charge >= 0.3 is 0 Å². The van der Waals surface area contributed by atoms with Crippen molar-refractivity contribution in [2.75, 3.05) is 25.9 Å². The third-order valence-corrected chi connectivity index (χ3v) is 2.80. The van der Waals surface area contributed by atoms with Gasteiger partial charge in [-0.15, -0.1) is 0 Å². The lowest BCUT2D eigenvalue weighted by atomic mass is 10.3. The molecule has 74 valence electrons. The highest BCUT2D eigenvalue weighted by Crippen LogP contribution is 2.11. The molecule has 1 rings (SSSR count). The Morgan fingerprint density at radius 1 is 1.69 bits per heavy atom. The Kier molecular flexibility index (Phi) is 3.74. The minimum Gasteiger partial charge on any atom is -0.351 e. The zero-order valence-corrected chi connectivity index (χ0v) is 8.69. The number of thioether (sulfide) groups is 1. The lowest BCUT2D eigenvalue weighted by Gasteiger charge is -2.18. The van der Waals surface area contributed by atoms with Crippen LogP contribution in [0.5, 0.6) is 0 Å². The number of likely N-dealkylation sites (N-methyl/N-ethyl adjacent to an activating group) is 1. The maximum Gasteiger partial charge on any atom is 0.217 e. The first-order chi connectivity index (χ1) is 6.08. The van der Waals surface area contributed by atoms with Crippen molar-refractivity contribution in [1.82, 2.24) is 10.2 Å². The predicted octanol–water partition coefficient (Wildman–Crippen LogP) is -0.304. The second-order valence-corrected chi connectivity index (χ2v) is 4.35. The lowest BCUT2D eigenvalue weighted by Crippen LogP contribution is -2.42. The van der Waals surface area contributed by atoms with Gasteiger partial charge in [-0.05, 0) is 7.05 Å². The van der Waals surface area contributed by atoms with Crippen LogP contribution in [0.25, 0.3) is 0 Å². The Morgan fingerprint density at radius 3 is 3.00 bits per heavy atom. The molecule has 1 aliphatic rings. The maximum atomic E-state index is 11.1. The minimum absolute atomic E-state index is 0.0339. The highest BCUT2D eigenvalue weighted by atomic mass is 32.2. The van der Waals surface area contributed by atoms with Crippen LogP contribution >= 0.6 is 11.8 Å². The molecule has 4 nitrogen and oxygen atoms in total. The van der Waals surface area contributed by atoms with Crippen molar-refractivity contribution >= 4 is 22.8 Å². The molecule has 1 fully saturated rings. The molecule has 1 heterocycles. The fraction of sp³-hybridized carbons (Fsp3) is 0.750. The molecule has 1 N–H and O–H groups in total. The molecule has 1 unspecified atom stereocenters. The van der Waals surface area contributed by atoms with E-state index in [-0.39, 0.29) is 17.1 Å². The average molecular weight is 202 g/mol. The van der Waals surface area contributed by atoms with Gasteiger partial charge in [-0.1, -0.05) is 11.8 Å². The Balaban J connectivity index is 2.47. The van der Waals surface area contributed by atoms with E-state index in [4.69, 9.17) is 0 Å². The molecular weight excluding hydrogens is 188 g/mol. The first-order valence-corrected chi connectivity index (χ1v) is 5.18. The van der Waals surface area contributed by atoms with Gasteiger partial charge in [0.1, 0.15) is 0 Å². The summed E-state index contributed by atoms with van der Waals surface area (Å²) < 4.78 is 0. The summed E-state index contributed by atoms with van der Waals surface area (Å²) in [5, 5.41) is 3.00. The first-order valence-electron chi connectivity index (χ1n) is 4.19. The molecule has 0 bridgehead atoms. The van der Waals surface area contributed by atoms with Crippen LogP contribution < -0.4 is 5.32 Å². The van der Waals surface area contributed by atoms with E-state index in [1.165, 1.54) is 18.7 Å². The largest absolute Gasteiger partial charge is 0.351 e. The molecule has 0 aliphatic carbocycles. The molecule has 0 aromatic carbocycles. The van der Waals surface area contributed by atoms with Gasteiger partial charge in [-0.25, -0.2) is 0 Å². The highest BCUT2D eigenvalue weighted by molar-refractivity contribution is 8.13. The summed E-state index contributed by atoms with van der Waals surface area (Å²) in [5.41, 5.74) is 0. The fourth-order valence-electron chi connectivity index (χ4n) is 1.33. The van der Waals surface area contributed by atoms with Crippen LogP contribution in [0.3, 0.4) is 0 Å². The Labute approximate surface area is 82.0 Å². The quantitative estimate of drug-likeness (QED) is 0.634. The van der Waals surface area contributed by atoms with Crippen LogP contribution in [0, 0.1) is 0 Å². The van der Waals surface area contributed by atoms with Crippen LogP contribution in [-0.2, 0) is 9.59 Å². The summed E-state index contributed by atoms with van der Waals surface area (Å²) in [6.45, 7) is 2.72. The van der Waals surface area contributed by atoms with Gasteiger partial charge < -0.3 is 5.32 Å². The third kappa shape index (κ3) is 3.78. The molecular formula is C8H14N2O2S. The van der Waals surface area contributed by atoms with Crippen molar-refractivity contribution in [2.24, 2.45) is 0 Å². The van der Waals surface area contributed by atoms with Gasteiger partial charge in [0.05, 0.1) is 12.6 Å². The maximum absolute atomic E-state index is 11.1. The Bertz CT molecular complexity index is 220. The molecule has 0 aromatic heterocycles. The monoisotopic (exact) mass is 202 g/mol. The Hall–Kier alpha value is -0.550. The number of hydrogen-bond donors (Lipinski definition) is 1. The molecule has 1 amide bonds. The zero-order chi connectivity index (χ0) is 9.84. The van der Waals surface area contributed by atoms with Crippen LogP contribution in [0.4, 0.5) is 0 Å². The minimum atomic E-state index is -0.0339. The molecule has 0 saturated carbocycles. The molecule has 1 saturated heterocycles. The molecule has 5 heteroatoms. The van der Waals surface area contributed by atoms with E-state index >= 15 is 0 Å². The molecule has 1 atom stereocenters. The molecule has 1 aliphatic heterocycles. The van der Waals surface area contributed by atoms with E-state index in [2.05, 4.69) is 5.32 Å². The summed E-state index contributed by atoms with van der Waals surface area (Å²) in [4.78, 5) is 23.9. The number of carbonyl (C=O) groups is 2. The number of amides is 1. The van der Waals surface area contributed by atoms with Crippen molar-refractivity contribution in [3.05, 3.63) is 0 Å². The van der Waals surface area contributed by atoms with Gasteiger partial charge in [0.25, 0.3) is 0 Å². The molecule has 0 radical (unpaired) electrons. The smallest absolute Gasteiger partial charge is 0.217 e. The van der Waals surface area contributed by atoms with Gasteiger partial charge in [-0.3, -0.25) is 14.5 Å². The van der Waals surface area contributed by atoms with Gasteiger partial charge in [-0.2, -0.15) is 0 Å². The molecule has 13 heavy (non-hydrogen) atoms. The molecule has 0 aromatic rings. The van der Waals surface area contributed by atoms with E-state index in [1.807, 2.05) is 11.9 Å². The van der Waals surface area contributed by atoms with Crippen LogP contribution in [-0.4, -0.2) is 47.9 Å². The van der Waals surface area contributed by atoms with E-state index in [9.17, 15) is 9.59 Å². The van der Waals surface area contributed by atoms with E-state index in [0.717, 1.165) is 6.54 Å². The summed E-state index contributed by atoms with van der Waals surface area (Å²) in [6.07, 6.45) is 0. The van der Waals surface area contributed by atoms with E-state index in [1.54, 1.807) is 0 Å². The van der Waals surface area contributed by atoms with E-state index in [0.29, 0.717) is 12.3 Å². The van der Waals surface area contributed by atoms with Crippen LogP contribution in [0.1, 0.15) is 6.92 Å². The van der Waals surface area contributed by atoms with Crippen molar-refractivity contribution in [3.8, 4) is 0 Å². The van der Waals surface area contributed by atoms with Crippen molar-refractivity contribution < 1.29 is 9.59 Å². The summed E-state index contributed by atoms with van der Waals surface area (Å²) in [5.74, 6) is 0.649. The molecule has 0 spiro atoms. The van der Waals surface area contributed by atoms with Crippen LogP contribution in [0.2, 0.25) is 0 Å². The van der Waals surface area contributed by atoms with Crippen molar-refractivity contribution in [2.45, 2.75) is 13.0 Å². The fourth-order valence-corrected chi connectivity index (χ4v) is 2.22.